The van der Waals surface area contributed by atoms with Gasteiger partial charge in [-0.2, -0.15) is 5.10 Å². The zero-order valence-corrected chi connectivity index (χ0v) is 12.5. The number of aryl methyl sites for hydroxylation is 2. The second-order valence-corrected chi connectivity index (χ2v) is 5.36. The fraction of sp³-hybridized carbons (Fsp3) is 0.643. The molecule has 1 amide bonds. The Hall–Kier alpha value is -2.05. The van der Waals surface area contributed by atoms with E-state index in [4.69, 9.17) is 5.11 Å². The molecule has 1 aliphatic rings. The van der Waals surface area contributed by atoms with Crippen LogP contribution in [0, 0.1) is 5.92 Å². The number of rotatable bonds is 5. The van der Waals surface area contributed by atoms with Crippen LogP contribution in [-0.4, -0.2) is 51.3 Å². The smallest absolute Gasteiger partial charge is 0.306 e. The summed E-state index contributed by atoms with van der Waals surface area (Å²) in [5, 5.41) is 16.4. The molecule has 0 aliphatic carbocycles. The Kier molecular flexibility index (Phi) is 4.82. The van der Waals surface area contributed by atoms with Crippen molar-refractivity contribution < 1.29 is 14.7 Å². The van der Waals surface area contributed by atoms with Crippen molar-refractivity contribution in [3.8, 4) is 0 Å². The molecule has 2 rings (SSSR count). The number of likely N-dealkylation sites (tertiary alicyclic amines) is 1. The molecule has 0 aromatic carbocycles. The molecular formula is C14H22N4O3. The van der Waals surface area contributed by atoms with Crippen molar-refractivity contribution in [2.24, 2.45) is 13.0 Å². The van der Waals surface area contributed by atoms with Gasteiger partial charge in [-0.15, -0.1) is 0 Å². The van der Waals surface area contributed by atoms with Crippen LogP contribution in [0.25, 0.3) is 0 Å². The molecule has 7 heteroatoms. The summed E-state index contributed by atoms with van der Waals surface area (Å²) in [7, 11) is 1.85. The molecule has 21 heavy (non-hydrogen) atoms. The lowest BCUT2D eigenvalue weighted by Gasteiger charge is -2.30. The largest absolute Gasteiger partial charge is 0.481 e. The van der Waals surface area contributed by atoms with Gasteiger partial charge in [0.25, 0.3) is 0 Å². The topological polar surface area (TPSA) is 87.5 Å². The first kappa shape index (κ1) is 15.3. The van der Waals surface area contributed by atoms with Gasteiger partial charge < -0.3 is 15.3 Å². The molecule has 0 saturated carbocycles. The van der Waals surface area contributed by atoms with Crippen molar-refractivity contribution in [2.45, 2.75) is 26.2 Å². The summed E-state index contributed by atoms with van der Waals surface area (Å²) in [6.07, 6.45) is 3.74. The van der Waals surface area contributed by atoms with Gasteiger partial charge in [0.1, 0.15) is 0 Å². The number of piperidine rings is 1. The molecular weight excluding hydrogens is 272 g/mol. The van der Waals surface area contributed by atoms with E-state index in [1.54, 1.807) is 9.58 Å². The Balaban J connectivity index is 1.84. The number of aromatic nitrogens is 2. The van der Waals surface area contributed by atoms with E-state index in [1.807, 2.05) is 20.2 Å². The monoisotopic (exact) mass is 294 g/mol. The van der Waals surface area contributed by atoms with Crippen LogP contribution in [0.2, 0.25) is 0 Å². The minimum Gasteiger partial charge on any atom is -0.481 e. The highest BCUT2D eigenvalue weighted by Crippen LogP contribution is 2.18. The average Bonchev–Trinajstić information content (AvgIpc) is 2.85. The van der Waals surface area contributed by atoms with Crippen LogP contribution in [0.3, 0.4) is 0 Å². The highest BCUT2D eigenvalue weighted by Gasteiger charge is 2.26. The van der Waals surface area contributed by atoms with Crippen LogP contribution in [-0.2, 0) is 23.1 Å². The molecule has 1 aliphatic heterocycles. The molecule has 116 valence electrons. The van der Waals surface area contributed by atoms with E-state index >= 15 is 0 Å². The molecule has 1 aromatic rings. The maximum absolute atomic E-state index is 12.1. The number of nitrogens with zero attached hydrogens (tertiary/aromatic N) is 3. The number of carboxylic acid groups (broad SMARTS) is 1. The van der Waals surface area contributed by atoms with Crippen LogP contribution >= 0.6 is 0 Å². The van der Waals surface area contributed by atoms with Gasteiger partial charge in [0.15, 0.2) is 0 Å². The minimum absolute atomic E-state index is 0.00439. The van der Waals surface area contributed by atoms with Gasteiger partial charge in [0.05, 0.1) is 23.8 Å². The number of hydrogen-bond acceptors (Lipinski definition) is 4. The van der Waals surface area contributed by atoms with Gasteiger partial charge >= 0.3 is 5.97 Å². The van der Waals surface area contributed by atoms with Crippen molar-refractivity contribution >= 4 is 17.6 Å². The summed E-state index contributed by atoms with van der Waals surface area (Å²) in [5.74, 6) is -1.07. The van der Waals surface area contributed by atoms with E-state index in [0.717, 1.165) is 17.8 Å². The zero-order valence-electron chi connectivity index (χ0n) is 12.5. The average molecular weight is 294 g/mol. The van der Waals surface area contributed by atoms with E-state index in [0.29, 0.717) is 25.9 Å². The molecule has 0 unspecified atom stereocenters. The van der Waals surface area contributed by atoms with Gasteiger partial charge in [-0.25, -0.2) is 0 Å². The predicted octanol–water partition coefficient (Wildman–Crippen LogP) is 0.718. The Morgan fingerprint density at radius 2 is 2.10 bits per heavy atom. The summed E-state index contributed by atoms with van der Waals surface area (Å²) in [6.45, 7) is 3.28. The third-order valence-corrected chi connectivity index (χ3v) is 3.87. The van der Waals surface area contributed by atoms with Crippen LogP contribution in [0.15, 0.2) is 6.20 Å². The number of hydrogen-bond donors (Lipinski definition) is 2. The molecule has 1 aromatic heterocycles. The molecule has 7 nitrogen and oxygen atoms in total. The van der Waals surface area contributed by atoms with Crippen LogP contribution in [0.5, 0.6) is 0 Å². The second kappa shape index (κ2) is 6.60. The Bertz CT molecular complexity index is 518. The number of carbonyl (C=O) groups excluding carboxylic acids is 1. The molecule has 0 spiro atoms. The van der Waals surface area contributed by atoms with E-state index in [-0.39, 0.29) is 18.4 Å². The Morgan fingerprint density at radius 3 is 2.67 bits per heavy atom. The number of anilines is 1. The minimum atomic E-state index is -0.761. The van der Waals surface area contributed by atoms with Crippen LogP contribution in [0.1, 0.15) is 25.5 Å². The van der Waals surface area contributed by atoms with Crippen molar-refractivity contribution in [1.29, 1.82) is 0 Å². The number of carboxylic acids is 1. The number of carbonyl (C=O) groups is 2. The first-order valence-electron chi connectivity index (χ1n) is 7.28. The highest BCUT2D eigenvalue weighted by molar-refractivity contribution is 5.81. The highest BCUT2D eigenvalue weighted by atomic mass is 16.4. The van der Waals surface area contributed by atoms with Crippen molar-refractivity contribution in [3.63, 3.8) is 0 Å². The van der Waals surface area contributed by atoms with Gasteiger partial charge in [0, 0.05) is 26.3 Å². The van der Waals surface area contributed by atoms with Crippen molar-refractivity contribution in [2.75, 3.05) is 25.0 Å². The van der Waals surface area contributed by atoms with Gasteiger partial charge in [0.2, 0.25) is 5.91 Å². The Labute approximate surface area is 123 Å². The summed E-state index contributed by atoms with van der Waals surface area (Å²) >= 11 is 0. The lowest BCUT2D eigenvalue weighted by molar-refractivity contribution is -0.145. The Morgan fingerprint density at radius 1 is 1.43 bits per heavy atom. The molecule has 0 bridgehead atoms. The standard InChI is InChI=1S/C14H22N4O3/c1-3-11-12(9-17(2)16-11)15-8-13(19)18-6-4-10(5-7-18)14(20)21/h9-10,15H,3-8H2,1-2H3,(H,20,21). The van der Waals surface area contributed by atoms with Gasteiger partial charge in [-0.1, -0.05) is 6.92 Å². The number of amides is 1. The SMILES string of the molecule is CCc1nn(C)cc1NCC(=O)N1CCC(C(=O)O)CC1. The third-order valence-electron chi connectivity index (χ3n) is 3.87. The lowest BCUT2D eigenvalue weighted by atomic mass is 9.97. The normalized spacial score (nSPS) is 16.0. The van der Waals surface area contributed by atoms with Gasteiger partial charge in [-0.3, -0.25) is 14.3 Å². The maximum atomic E-state index is 12.1. The third kappa shape index (κ3) is 3.74. The summed E-state index contributed by atoms with van der Waals surface area (Å²) in [5.41, 5.74) is 1.82. The van der Waals surface area contributed by atoms with E-state index in [1.165, 1.54) is 0 Å². The molecule has 1 fully saturated rings. The fourth-order valence-electron chi connectivity index (χ4n) is 2.60. The molecule has 1 saturated heterocycles. The second-order valence-electron chi connectivity index (χ2n) is 5.36. The fourth-order valence-corrected chi connectivity index (χ4v) is 2.60. The quantitative estimate of drug-likeness (QED) is 0.835. The first-order valence-corrected chi connectivity index (χ1v) is 7.28. The molecule has 0 radical (unpaired) electrons. The van der Waals surface area contributed by atoms with E-state index in [9.17, 15) is 9.59 Å². The predicted molar refractivity (Wildman–Crippen MR) is 78.0 cm³/mol. The van der Waals surface area contributed by atoms with Gasteiger partial charge in [-0.05, 0) is 19.3 Å². The first-order chi connectivity index (χ1) is 10.0. The van der Waals surface area contributed by atoms with Crippen LogP contribution in [0.4, 0.5) is 5.69 Å². The van der Waals surface area contributed by atoms with Crippen molar-refractivity contribution in [1.82, 2.24) is 14.7 Å². The molecule has 2 heterocycles. The van der Waals surface area contributed by atoms with E-state index in [2.05, 4.69) is 10.4 Å². The molecule has 0 atom stereocenters. The maximum Gasteiger partial charge on any atom is 0.306 e. The summed E-state index contributed by atoms with van der Waals surface area (Å²) in [6, 6.07) is 0. The van der Waals surface area contributed by atoms with E-state index < -0.39 is 5.97 Å². The summed E-state index contributed by atoms with van der Waals surface area (Å²) in [4.78, 5) is 24.8. The lowest BCUT2D eigenvalue weighted by Crippen LogP contribution is -2.42. The molecule has 2 N–H and O–H groups in total. The van der Waals surface area contributed by atoms with Crippen molar-refractivity contribution in [3.05, 3.63) is 11.9 Å². The van der Waals surface area contributed by atoms with Crippen LogP contribution < -0.4 is 5.32 Å². The number of nitrogens with one attached hydrogen (secondary N) is 1. The zero-order chi connectivity index (χ0) is 15.4. The summed E-state index contributed by atoms with van der Waals surface area (Å²) < 4.78 is 1.73. The number of aliphatic carboxylic acids is 1.